The summed E-state index contributed by atoms with van der Waals surface area (Å²) in [5, 5.41) is 7.75. The van der Waals surface area contributed by atoms with Crippen LogP contribution in [0.5, 0.6) is 11.5 Å². The number of Topliss-reactive ketones (excluding diaryl/α,β-unsaturated/α-hetero) is 1. The molecule has 1 atom stereocenters. The van der Waals surface area contributed by atoms with E-state index < -0.39 is 0 Å². The van der Waals surface area contributed by atoms with Crippen LogP contribution in [0.3, 0.4) is 0 Å². The maximum Gasteiger partial charge on any atom is 0.226 e. The van der Waals surface area contributed by atoms with Gasteiger partial charge in [-0.2, -0.15) is 10.1 Å². The molecule has 1 aliphatic carbocycles. The third kappa shape index (κ3) is 3.64. The van der Waals surface area contributed by atoms with Gasteiger partial charge in [0.15, 0.2) is 17.3 Å². The minimum Gasteiger partial charge on any atom is -0.493 e. The Balaban J connectivity index is 1.52. The molecule has 0 bridgehead atoms. The number of methoxy groups -OCH3 is 1. The van der Waals surface area contributed by atoms with Gasteiger partial charge >= 0.3 is 0 Å². The van der Waals surface area contributed by atoms with E-state index in [0.29, 0.717) is 30.5 Å². The topological polar surface area (TPSA) is 78.3 Å². The van der Waals surface area contributed by atoms with Crippen LogP contribution in [0.1, 0.15) is 43.9 Å². The lowest BCUT2D eigenvalue weighted by Crippen LogP contribution is -2.36. The van der Waals surface area contributed by atoms with E-state index in [1.807, 2.05) is 48.5 Å². The van der Waals surface area contributed by atoms with E-state index in [0.717, 1.165) is 28.8 Å². The lowest BCUT2D eigenvalue weighted by Gasteiger charge is -2.38. The molecule has 7 nitrogen and oxygen atoms in total. The van der Waals surface area contributed by atoms with Crippen molar-refractivity contribution < 1.29 is 14.3 Å². The summed E-state index contributed by atoms with van der Waals surface area (Å²) in [6.45, 7) is 4.68. The minimum absolute atomic E-state index is 0.0948. The van der Waals surface area contributed by atoms with Gasteiger partial charge < -0.3 is 14.8 Å². The molecule has 1 aromatic heterocycles. The zero-order valence-electron chi connectivity index (χ0n) is 18.5. The number of hydrogen-bond acceptors (Lipinski definition) is 6. The predicted molar refractivity (Wildman–Crippen MR) is 121 cm³/mol. The Morgan fingerprint density at radius 3 is 2.72 bits per heavy atom. The van der Waals surface area contributed by atoms with Crippen LogP contribution in [0.2, 0.25) is 0 Å². The Hall–Kier alpha value is -3.61. The van der Waals surface area contributed by atoms with Crippen molar-refractivity contribution in [3.63, 3.8) is 0 Å². The molecule has 0 fully saturated rings. The van der Waals surface area contributed by atoms with Crippen molar-refractivity contribution in [1.29, 1.82) is 0 Å². The highest BCUT2D eigenvalue weighted by Gasteiger charge is 2.41. The number of nitrogens with zero attached hydrogens (tertiary/aromatic N) is 3. The van der Waals surface area contributed by atoms with E-state index in [2.05, 4.69) is 29.2 Å². The molecule has 0 unspecified atom stereocenters. The highest BCUT2D eigenvalue weighted by atomic mass is 16.5. The summed E-state index contributed by atoms with van der Waals surface area (Å²) in [6.07, 6.45) is 2.80. The summed E-state index contributed by atoms with van der Waals surface area (Å²) in [6, 6.07) is 15.4. The van der Waals surface area contributed by atoms with Gasteiger partial charge in [0.25, 0.3) is 0 Å². The lowest BCUT2D eigenvalue weighted by molar-refractivity contribution is -0.118. The molecule has 5 rings (SSSR count). The first kappa shape index (κ1) is 20.3. The number of anilines is 1. The summed E-state index contributed by atoms with van der Waals surface area (Å²) in [5.41, 5.74) is 3.57. The molecule has 164 valence electrons. The van der Waals surface area contributed by atoms with Gasteiger partial charge in [-0.15, -0.1) is 0 Å². The fourth-order valence-electron chi connectivity index (χ4n) is 4.57. The summed E-state index contributed by atoms with van der Waals surface area (Å²) in [4.78, 5) is 17.6. The van der Waals surface area contributed by atoms with E-state index >= 15 is 0 Å². The van der Waals surface area contributed by atoms with Crippen molar-refractivity contribution in [2.24, 2.45) is 5.41 Å². The van der Waals surface area contributed by atoms with Crippen LogP contribution in [-0.2, 0) is 11.4 Å². The van der Waals surface area contributed by atoms with Crippen LogP contribution < -0.4 is 14.8 Å². The molecule has 0 saturated heterocycles. The van der Waals surface area contributed by atoms with E-state index in [4.69, 9.17) is 9.47 Å². The number of rotatable bonds is 5. The van der Waals surface area contributed by atoms with E-state index in [-0.39, 0.29) is 17.2 Å². The summed E-state index contributed by atoms with van der Waals surface area (Å²) < 4.78 is 13.4. The summed E-state index contributed by atoms with van der Waals surface area (Å²) in [5.74, 6) is 2.04. The number of ketones is 1. The molecule has 0 spiro atoms. The Morgan fingerprint density at radius 1 is 1.12 bits per heavy atom. The maximum atomic E-state index is 13.2. The molecule has 0 amide bonds. The van der Waals surface area contributed by atoms with Crippen LogP contribution in [-0.4, -0.2) is 27.7 Å². The summed E-state index contributed by atoms with van der Waals surface area (Å²) >= 11 is 0. The van der Waals surface area contributed by atoms with Crippen molar-refractivity contribution in [3.05, 3.63) is 77.3 Å². The molecule has 1 aliphatic heterocycles. The third-order valence-electron chi connectivity index (χ3n) is 6.01. The van der Waals surface area contributed by atoms with Crippen LogP contribution >= 0.6 is 0 Å². The average Bonchev–Trinajstić information content (AvgIpc) is 3.24. The number of aromatic nitrogens is 3. The van der Waals surface area contributed by atoms with E-state index in [9.17, 15) is 4.79 Å². The molecular formula is C25H26N4O3. The summed E-state index contributed by atoms with van der Waals surface area (Å²) in [7, 11) is 1.62. The van der Waals surface area contributed by atoms with E-state index in [1.54, 1.807) is 11.8 Å². The van der Waals surface area contributed by atoms with Gasteiger partial charge in [0.1, 0.15) is 19.0 Å². The van der Waals surface area contributed by atoms with Gasteiger partial charge in [-0.1, -0.05) is 50.2 Å². The average molecular weight is 431 g/mol. The van der Waals surface area contributed by atoms with Crippen molar-refractivity contribution in [3.8, 4) is 11.5 Å². The highest BCUT2D eigenvalue weighted by Crippen LogP contribution is 2.46. The van der Waals surface area contributed by atoms with Crippen molar-refractivity contribution in [2.75, 3.05) is 12.4 Å². The fraction of sp³-hybridized carbons (Fsp3) is 0.320. The normalized spacial score (nSPS) is 19.1. The zero-order valence-corrected chi connectivity index (χ0v) is 18.5. The molecule has 2 heterocycles. The van der Waals surface area contributed by atoms with E-state index in [1.165, 1.54) is 6.33 Å². The molecule has 3 aromatic rings. The number of nitrogens with one attached hydrogen (secondary N) is 1. The monoisotopic (exact) mass is 430 g/mol. The first-order valence-corrected chi connectivity index (χ1v) is 10.7. The number of benzene rings is 2. The standard InChI is InChI=1S/C25H26N4O3/c1-25(2)12-18-22(19(30)13-25)23(29-24(28-18)26-15-27-29)17-9-10-20(21(11-17)31-3)32-14-16-7-5-4-6-8-16/h4-11,15,23H,12-14H2,1-3H3,(H,26,27,28)/t23-/m0/s1. The van der Waals surface area contributed by atoms with Gasteiger partial charge in [0, 0.05) is 17.7 Å². The van der Waals surface area contributed by atoms with Crippen LogP contribution in [0.15, 0.2) is 66.1 Å². The lowest BCUT2D eigenvalue weighted by atomic mass is 9.73. The van der Waals surface area contributed by atoms with Crippen molar-refractivity contribution in [1.82, 2.24) is 14.8 Å². The molecule has 1 N–H and O–H groups in total. The first-order valence-electron chi connectivity index (χ1n) is 10.7. The van der Waals surface area contributed by atoms with Gasteiger partial charge in [-0.3, -0.25) is 4.79 Å². The second-order valence-corrected chi connectivity index (χ2v) is 9.07. The zero-order chi connectivity index (χ0) is 22.3. The van der Waals surface area contributed by atoms with Crippen LogP contribution in [0.4, 0.5) is 5.95 Å². The molecule has 32 heavy (non-hydrogen) atoms. The van der Waals surface area contributed by atoms with Crippen LogP contribution in [0.25, 0.3) is 0 Å². The Bertz CT molecular complexity index is 1200. The second kappa shape index (κ2) is 7.82. The number of allylic oxidation sites excluding steroid dienone is 2. The molecule has 0 radical (unpaired) electrons. The number of fused-ring (bicyclic) bond motifs is 1. The Kier molecular flexibility index (Phi) is 4.96. The quantitative estimate of drug-likeness (QED) is 0.641. The van der Waals surface area contributed by atoms with Gasteiger partial charge in [-0.25, -0.2) is 4.68 Å². The van der Waals surface area contributed by atoms with Gasteiger partial charge in [-0.05, 0) is 35.1 Å². The van der Waals surface area contributed by atoms with Crippen molar-refractivity contribution >= 4 is 11.7 Å². The van der Waals surface area contributed by atoms with Gasteiger partial charge in [0.2, 0.25) is 5.95 Å². The smallest absolute Gasteiger partial charge is 0.226 e. The molecule has 7 heteroatoms. The minimum atomic E-state index is -0.357. The Morgan fingerprint density at radius 2 is 1.94 bits per heavy atom. The predicted octanol–water partition coefficient (Wildman–Crippen LogP) is 4.52. The number of ether oxygens (including phenoxy) is 2. The highest BCUT2D eigenvalue weighted by molar-refractivity contribution is 6.00. The van der Waals surface area contributed by atoms with Gasteiger partial charge in [0.05, 0.1) is 7.11 Å². The first-order chi connectivity index (χ1) is 15.4. The second-order valence-electron chi connectivity index (χ2n) is 9.07. The molecular weight excluding hydrogens is 404 g/mol. The molecule has 2 aromatic carbocycles. The third-order valence-corrected chi connectivity index (χ3v) is 6.01. The number of hydrogen-bond donors (Lipinski definition) is 1. The largest absolute Gasteiger partial charge is 0.493 e. The van der Waals surface area contributed by atoms with Crippen molar-refractivity contribution in [2.45, 2.75) is 39.3 Å². The SMILES string of the molecule is COc1cc([C@H]2C3=C(CC(C)(C)CC3=O)Nc3ncnn32)ccc1OCc1ccccc1. The number of carbonyl (C=O) groups is 1. The van der Waals surface area contributed by atoms with Crippen LogP contribution in [0, 0.1) is 5.41 Å². The molecule has 2 aliphatic rings. The Labute approximate surface area is 187 Å². The molecule has 0 saturated carbocycles. The fourth-order valence-corrected chi connectivity index (χ4v) is 4.57. The maximum absolute atomic E-state index is 13.2. The number of carbonyl (C=O) groups excluding carboxylic acids is 1.